The molecule has 8 heteroatoms. The Hall–Kier alpha value is -1.64. The van der Waals surface area contributed by atoms with E-state index in [1.807, 2.05) is 0 Å². The third-order valence-corrected chi connectivity index (χ3v) is 5.12. The Bertz CT molecular complexity index is 713. The van der Waals surface area contributed by atoms with E-state index in [1.165, 1.54) is 36.6 Å². The number of halogens is 1. The van der Waals surface area contributed by atoms with Crippen LogP contribution in [0.4, 0.5) is 10.1 Å². The normalized spacial score (nSPS) is 11.3. The summed E-state index contributed by atoms with van der Waals surface area (Å²) in [5.41, 5.74) is 5.72. The second kappa shape index (κ2) is 5.78. The molecule has 1 aromatic carbocycles. The van der Waals surface area contributed by atoms with Crippen LogP contribution in [0.15, 0.2) is 34.5 Å². The van der Waals surface area contributed by atoms with E-state index < -0.39 is 15.8 Å². The van der Waals surface area contributed by atoms with Gasteiger partial charge < -0.3 is 10.5 Å². The number of ether oxygens (including phenoxy) is 1. The molecule has 20 heavy (non-hydrogen) atoms. The molecule has 0 amide bonds. The molecule has 0 bridgehead atoms. The molecule has 2 rings (SSSR count). The van der Waals surface area contributed by atoms with Gasteiger partial charge in [-0.3, -0.25) is 4.72 Å². The molecule has 0 radical (unpaired) electrons. The lowest BCUT2D eigenvalue weighted by Crippen LogP contribution is -2.14. The number of methoxy groups -OCH3 is 1. The van der Waals surface area contributed by atoms with Crippen LogP contribution in [0.1, 0.15) is 4.88 Å². The molecule has 0 saturated carbocycles. The largest absolute Gasteiger partial charge is 0.494 e. The van der Waals surface area contributed by atoms with Crippen LogP contribution in [0.25, 0.3) is 0 Å². The lowest BCUT2D eigenvalue weighted by Gasteiger charge is -2.10. The standard InChI is InChI=1S/C12H13FN2O3S2/c1-18-10-6-8(2-3-9(10)13)15-20(16,17)12-4-5-19-11(12)7-14/h2-6,15H,7,14H2,1H3. The molecule has 1 aromatic heterocycles. The van der Waals surface area contributed by atoms with Crippen LogP contribution in [0.3, 0.4) is 0 Å². The highest BCUT2D eigenvalue weighted by Gasteiger charge is 2.19. The Kier molecular flexibility index (Phi) is 4.26. The summed E-state index contributed by atoms with van der Waals surface area (Å²) in [7, 11) is -2.44. The van der Waals surface area contributed by atoms with Gasteiger partial charge in [-0.15, -0.1) is 11.3 Å². The molecule has 1 heterocycles. The summed E-state index contributed by atoms with van der Waals surface area (Å²) in [6.45, 7) is 0.140. The SMILES string of the molecule is COc1cc(NS(=O)(=O)c2ccsc2CN)ccc1F. The molecule has 0 unspecified atom stereocenters. The average molecular weight is 316 g/mol. The zero-order valence-corrected chi connectivity index (χ0v) is 12.2. The molecule has 108 valence electrons. The van der Waals surface area contributed by atoms with E-state index >= 15 is 0 Å². The summed E-state index contributed by atoms with van der Waals surface area (Å²) in [5, 5.41) is 1.65. The highest BCUT2D eigenvalue weighted by atomic mass is 32.2. The van der Waals surface area contributed by atoms with Gasteiger partial charge >= 0.3 is 0 Å². The summed E-state index contributed by atoms with van der Waals surface area (Å²) in [6.07, 6.45) is 0. The molecular formula is C12H13FN2O3S2. The Morgan fingerprint density at radius 2 is 2.15 bits per heavy atom. The highest BCUT2D eigenvalue weighted by molar-refractivity contribution is 7.93. The van der Waals surface area contributed by atoms with Gasteiger partial charge in [0.05, 0.1) is 12.8 Å². The van der Waals surface area contributed by atoms with E-state index in [9.17, 15) is 12.8 Å². The molecule has 0 aliphatic rings. The fraction of sp³-hybridized carbons (Fsp3) is 0.167. The van der Waals surface area contributed by atoms with E-state index in [4.69, 9.17) is 10.5 Å². The van der Waals surface area contributed by atoms with Gasteiger partial charge in [-0.1, -0.05) is 0 Å². The van der Waals surface area contributed by atoms with Crippen molar-refractivity contribution in [1.82, 2.24) is 0 Å². The van der Waals surface area contributed by atoms with E-state index in [1.54, 1.807) is 5.38 Å². The molecule has 0 aliphatic carbocycles. The second-order valence-electron chi connectivity index (χ2n) is 3.87. The first-order valence-corrected chi connectivity index (χ1v) is 7.97. The van der Waals surface area contributed by atoms with Crippen molar-refractivity contribution in [2.24, 2.45) is 5.73 Å². The minimum absolute atomic E-state index is 0.0328. The van der Waals surface area contributed by atoms with Crippen LogP contribution < -0.4 is 15.2 Å². The van der Waals surface area contributed by atoms with Crippen molar-refractivity contribution in [2.75, 3.05) is 11.8 Å². The van der Waals surface area contributed by atoms with Crippen molar-refractivity contribution in [3.05, 3.63) is 40.3 Å². The van der Waals surface area contributed by atoms with Gasteiger partial charge in [0, 0.05) is 17.5 Å². The quantitative estimate of drug-likeness (QED) is 0.885. The summed E-state index contributed by atoms with van der Waals surface area (Å²) in [4.78, 5) is 0.694. The van der Waals surface area contributed by atoms with Gasteiger partial charge in [-0.05, 0) is 23.6 Å². The first kappa shape index (κ1) is 14.8. The zero-order valence-electron chi connectivity index (χ0n) is 10.6. The molecule has 0 fully saturated rings. The molecule has 0 aliphatic heterocycles. The number of nitrogens with two attached hydrogens (primary N) is 1. The molecule has 5 nitrogen and oxygen atoms in total. The van der Waals surface area contributed by atoms with Crippen molar-refractivity contribution < 1.29 is 17.5 Å². The Labute approximate surface area is 120 Å². The fourth-order valence-corrected chi connectivity index (χ4v) is 4.04. The molecule has 0 spiro atoms. The van der Waals surface area contributed by atoms with Crippen molar-refractivity contribution in [1.29, 1.82) is 0 Å². The fourth-order valence-electron chi connectivity index (χ4n) is 1.65. The zero-order chi connectivity index (χ0) is 14.8. The van der Waals surface area contributed by atoms with Gasteiger partial charge in [0.2, 0.25) is 0 Å². The number of sulfonamides is 1. The first-order chi connectivity index (χ1) is 9.47. The van der Waals surface area contributed by atoms with Crippen LogP contribution in [-0.2, 0) is 16.6 Å². The topological polar surface area (TPSA) is 81.4 Å². The predicted molar refractivity (Wildman–Crippen MR) is 76.0 cm³/mol. The van der Waals surface area contributed by atoms with Crippen LogP contribution in [0.2, 0.25) is 0 Å². The minimum Gasteiger partial charge on any atom is -0.494 e. The van der Waals surface area contributed by atoms with Gasteiger partial charge in [-0.25, -0.2) is 12.8 Å². The molecule has 0 saturated heterocycles. The van der Waals surface area contributed by atoms with Crippen molar-refractivity contribution in [2.45, 2.75) is 11.4 Å². The third kappa shape index (κ3) is 2.92. The summed E-state index contributed by atoms with van der Waals surface area (Å²) >= 11 is 1.27. The number of nitrogens with one attached hydrogen (secondary N) is 1. The molecular weight excluding hydrogens is 303 g/mol. The van der Waals surface area contributed by atoms with E-state index in [-0.39, 0.29) is 22.9 Å². The number of rotatable bonds is 5. The smallest absolute Gasteiger partial charge is 0.263 e. The van der Waals surface area contributed by atoms with Gasteiger partial charge in [0.15, 0.2) is 11.6 Å². The van der Waals surface area contributed by atoms with Crippen LogP contribution >= 0.6 is 11.3 Å². The molecule has 2 aromatic rings. The van der Waals surface area contributed by atoms with Crippen molar-refractivity contribution in [3.63, 3.8) is 0 Å². The van der Waals surface area contributed by atoms with Crippen LogP contribution in [0.5, 0.6) is 5.75 Å². The summed E-state index contributed by atoms with van der Waals surface area (Å²) < 4.78 is 44.9. The lowest BCUT2D eigenvalue weighted by molar-refractivity contribution is 0.387. The lowest BCUT2D eigenvalue weighted by atomic mass is 10.3. The Balaban J connectivity index is 2.33. The maximum absolute atomic E-state index is 13.3. The second-order valence-corrected chi connectivity index (χ2v) is 6.52. The average Bonchev–Trinajstić information content (AvgIpc) is 2.90. The first-order valence-electron chi connectivity index (χ1n) is 5.60. The van der Waals surface area contributed by atoms with E-state index in [0.717, 1.165) is 6.07 Å². The van der Waals surface area contributed by atoms with Gasteiger partial charge in [0.25, 0.3) is 10.0 Å². The van der Waals surface area contributed by atoms with E-state index in [0.29, 0.717) is 4.88 Å². The highest BCUT2D eigenvalue weighted by Crippen LogP contribution is 2.26. The van der Waals surface area contributed by atoms with Crippen molar-refractivity contribution >= 4 is 27.0 Å². The number of hydrogen-bond donors (Lipinski definition) is 2. The maximum atomic E-state index is 13.3. The number of hydrogen-bond acceptors (Lipinski definition) is 5. The number of thiophene rings is 1. The monoisotopic (exact) mass is 316 g/mol. The van der Waals surface area contributed by atoms with Crippen molar-refractivity contribution in [3.8, 4) is 5.75 Å². The number of benzene rings is 1. The predicted octanol–water partition coefficient (Wildman–Crippen LogP) is 2.16. The third-order valence-electron chi connectivity index (χ3n) is 2.58. The van der Waals surface area contributed by atoms with Gasteiger partial charge in [-0.2, -0.15) is 0 Å². The summed E-state index contributed by atoms with van der Waals surface area (Å²) in [6, 6.07) is 5.22. The molecule has 3 N–H and O–H groups in total. The van der Waals surface area contributed by atoms with Crippen LogP contribution in [-0.4, -0.2) is 15.5 Å². The van der Waals surface area contributed by atoms with Gasteiger partial charge in [0.1, 0.15) is 4.90 Å². The molecule has 0 atom stereocenters. The minimum atomic E-state index is -3.75. The Morgan fingerprint density at radius 1 is 1.40 bits per heavy atom. The summed E-state index contributed by atoms with van der Waals surface area (Å²) in [5.74, 6) is -0.594. The Morgan fingerprint density at radius 3 is 2.80 bits per heavy atom. The number of anilines is 1. The maximum Gasteiger partial charge on any atom is 0.263 e. The van der Waals surface area contributed by atoms with Crippen LogP contribution in [0, 0.1) is 5.82 Å². The van der Waals surface area contributed by atoms with E-state index in [2.05, 4.69) is 4.72 Å².